The average molecular weight is 758 g/mol. The molecule has 4 aromatic heterocycles. The molecule has 0 fully saturated rings. The molecule has 0 aliphatic heterocycles. The van der Waals surface area contributed by atoms with E-state index >= 15 is 0 Å². The van der Waals surface area contributed by atoms with Crippen molar-refractivity contribution in [2.75, 3.05) is 0 Å². The topological polar surface area (TPSA) is 61.7 Å². The van der Waals surface area contributed by atoms with Gasteiger partial charge in [-0.1, -0.05) is 115 Å². The zero-order chi connectivity index (χ0) is 39.2. The Kier molecular flexibility index (Phi) is 7.26. The van der Waals surface area contributed by atoms with Crippen LogP contribution in [0.15, 0.2) is 180 Å². The van der Waals surface area contributed by atoms with Crippen molar-refractivity contribution in [1.82, 2.24) is 24.1 Å². The Labute approximate surface area is 339 Å². The number of nitrogens with zero attached hydrogens (tertiary/aromatic N) is 5. The van der Waals surface area contributed by atoms with Gasteiger partial charge in [0.2, 0.25) is 0 Å². The summed E-state index contributed by atoms with van der Waals surface area (Å²) in [4.78, 5) is 15.1. The van der Waals surface area contributed by atoms with Crippen LogP contribution in [0.25, 0.3) is 111 Å². The van der Waals surface area contributed by atoms with E-state index in [4.69, 9.17) is 19.4 Å². The number of benzene rings is 8. The van der Waals surface area contributed by atoms with Crippen molar-refractivity contribution in [3.63, 3.8) is 0 Å². The summed E-state index contributed by atoms with van der Waals surface area (Å²) in [6, 6.07) is 61.7. The molecule has 59 heavy (non-hydrogen) atoms. The van der Waals surface area contributed by atoms with Gasteiger partial charge in [0, 0.05) is 55.0 Å². The first-order chi connectivity index (χ1) is 29.1. The van der Waals surface area contributed by atoms with Crippen LogP contribution in [0.2, 0.25) is 0 Å². The van der Waals surface area contributed by atoms with Gasteiger partial charge in [-0.3, -0.25) is 0 Å². The highest BCUT2D eigenvalue weighted by Gasteiger charge is 2.25. The molecule has 0 saturated heterocycles. The molecule has 0 spiro atoms. The zero-order valence-electron chi connectivity index (χ0n) is 32.4. The van der Waals surface area contributed by atoms with Gasteiger partial charge >= 0.3 is 0 Å². The Hall–Kier alpha value is -7.83. The van der Waals surface area contributed by atoms with Crippen LogP contribution in [0, 0.1) is 13.8 Å². The number of fused-ring (bicyclic) bond motifs is 11. The Balaban J connectivity index is 1.12. The van der Waals surface area contributed by atoms with Crippen molar-refractivity contribution in [3.8, 4) is 45.5 Å². The number of rotatable bonds is 5. The molecule has 0 unspecified atom stereocenters. The Morgan fingerprint density at radius 1 is 0.424 bits per heavy atom. The summed E-state index contributed by atoms with van der Waals surface area (Å²) in [6.07, 6.45) is 0. The summed E-state index contributed by atoms with van der Waals surface area (Å²) in [5, 5.41) is 6.91. The molecule has 0 atom stereocenters. The molecule has 0 amide bonds. The molecule has 0 N–H and O–H groups in total. The van der Waals surface area contributed by atoms with Crippen LogP contribution >= 0.6 is 0 Å². The molecule has 278 valence electrons. The van der Waals surface area contributed by atoms with Gasteiger partial charge in [-0.05, 0) is 85.6 Å². The van der Waals surface area contributed by atoms with E-state index in [2.05, 4.69) is 132 Å². The molecule has 12 aromatic rings. The normalized spacial score (nSPS) is 11.9. The minimum Gasteiger partial charge on any atom is -0.455 e. The molecular weight excluding hydrogens is 723 g/mol. The largest absolute Gasteiger partial charge is 0.455 e. The molecule has 0 radical (unpaired) electrons. The summed E-state index contributed by atoms with van der Waals surface area (Å²) >= 11 is 0. The first-order valence-electron chi connectivity index (χ1n) is 20.0. The predicted molar refractivity (Wildman–Crippen MR) is 242 cm³/mol. The molecule has 6 heteroatoms. The van der Waals surface area contributed by atoms with Gasteiger partial charge in [0.1, 0.15) is 11.2 Å². The first kappa shape index (κ1) is 33.3. The standard InChI is InChI=1S/C53H35N5O/c1-32-31-45(33(2)30-41(32)53-55-51(34-16-6-3-7-17-34)54-52(56-53)35-18-8-4-9-19-35)58-42-24-14-12-23-39(42)47-43(58)29-27-40-48-44(57(49(40)47)36-20-10-5-11-21-36)28-26-38-37-22-13-15-25-46(37)59-50(38)48/h3-31H,1-2H3. The maximum Gasteiger partial charge on any atom is 0.164 e. The highest BCUT2D eigenvalue weighted by atomic mass is 16.3. The van der Waals surface area contributed by atoms with Gasteiger partial charge in [0.15, 0.2) is 17.5 Å². The lowest BCUT2D eigenvalue weighted by atomic mass is 10.0. The van der Waals surface area contributed by atoms with E-state index in [1.54, 1.807) is 0 Å². The molecule has 0 aliphatic carbocycles. The SMILES string of the molecule is Cc1cc(-n2c3ccccc3c3c2ccc2c4c5oc6ccccc6c5ccc4n(-c4ccccc4)c23)c(C)cc1-c1nc(-c2ccccc2)nc(-c2ccccc2)n1. The van der Waals surface area contributed by atoms with Gasteiger partial charge < -0.3 is 13.6 Å². The third kappa shape index (κ3) is 5.03. The van der Waals surface area contributed by atoms with Crippen LogP contribution in [0.1, 0.15) is 11.1 Å². The molecule has 4 heterocycles. The van der Waals surface area contributed by atoms with Crippen molar-refractivity contribution < 1.29 is 4.42 Å². The van der Waals surface area contributed by atoms with Crippen molar-refractivity contribution in [3.05, 3.63) is 187 Å². The third-order valence-electron chi connectivity index (χ3n) is 11.8. The zero-order valence-corrected chi connectivity index (χ0v) is 32.4. The van der Waals surface area contributed by atoms with E-state index in [0.29, 0.717) is 17.5 Å². The van der Waals surface area contributed by atoms with E-state index < -0.39 is 0 Å². The van der Waals surface area contributed by atoms with Gasteiger partial charge in [-0.2, -0.15) is 0 Å². The maximum absolute atomic E-state index is 6.71. The smallest absolute Gasteiger partial charge is 0.164 e. The van der Waals surface area contributed by atoms with E-state index in [9.17, 15) is 0 Å². The summed E-state index contributed by atoms with van der Waals surface area (Å²) in [5.41, 5.74) is 13.6. The quantitative estimate of drug-likeness (QED) is 0.175. The van der Waals surface area contributed by atoms with Crippen LogP contribution in [0.5, 0.6) is 0 Å². The number of para-hydroxylation sites is 3. The fraction of sp³-hybridized carbons (Fsp3) is 0.0377. The number of aryl methyl sites for hydroxylation is 2. The lowest BCUT2D eigenvalue weighted by molar-refractivity contribution is 0.673. The second kappa shape index (κ2) is 12.8. The molecule has 8 aromatic carbocycles. The molecular formula is C53H35N5O. The maximum atomic E-state index is 6.71. The fourth-order valence-electron chi connectivity index (χ4n) is 9.14. The van der Waals surface area contributed by atoms with Gasteiger partial charge in [0.05, 0.1) is 27.5 Å². The molecule has 0 bridgehead atoms. The Morgan fingerprint density at radius 2 is 1.00 bits per heavy atom. The van der Waals surface area contributed by atoms with Gasteiger partial charge in [-0.15, -0.1) is 0 Å². The van der Waals surface area contributed by atoms with E-state index in [-0.39, 0.29) is 0 Å². The van der Waals surface area contributed by atoms with Crippen molar-refractivity contribution in [2.24, 2.45) is 0 Å². The number of aromatic nitrogens is 5. The summed E-state index contributed by atoms with van der Waals surface area (Å²) in [6.45, 7) is 4.35. The molecule has 0 saturated carbocycles. The average Bonchev–Trinajstić information content (AvgIpc) is 3.95. The summed E-state index contributed by atoms with van der Waals surface area (Å²) < 4.78 is 11.6. The van der Waals surface area contributed by atoms with E-state index in [1.807, 2.05) is 66.7 Å². The van der Waals surface area contributed by atoms with Crippen molar-refractivity contribution in [2.45, 2.75) is 13.8 Å². The Morgan fingerprint density at radius 3 is 1.71 bits per heavy atom. The van der Waals surface area contributed by atoms with Gasteiger partial charge in [0.25, 0.3) is 0 Å². The number of hydrogen-bond donors (Lipinski definition) is 0. The predicted octanol–water partition coefficient (Wildman–Crippen LogP) is 13.6. The fourth-order valence-corrected chi connectivity index (χ4v) is 9.14. The highest BCUT2D eigenvalue weighted by molar-refractivity contribution is 6.31. The molecule has 0 aliphatic rings. The van der Waals surface area contributed by atoms with Crippen molar-refractivity contribution in [1.29, 1.82) is 0 Å². The second-order valence-corrected chi connectivity index (χ2v) is 15.3. The minimum absolute atomic E-state index is 0.649. The van der Waals surface area contributed by atoms with Crippen LogP contribution < -0.4 is 0 Å². The van der Waals surface area contributed by atoms with E-state index in [1.165, 1.54) is 10.8 Å². The molecule has 12 rings (SSSR count). The monoisotopic (exact) mass is 757 g/mol. The van der Waals surface area contributed by atoms with Crippen molar-refractivity contribution >= 4 is 65.6 Å². The highest BCUT2D eigenvalue weighted by Crippen LogP contribution is 2.46. The lowest BCUT2D eigenvalue weighted by Gasteiger charge is -2.16. The number of furan rings is 1. The van der Waals surface area contributed by atoms with Gasteiger partial charge in [-0.25, -0.2) is 15.0 Å². The number of hydrogen-bond acceptors (Lipinski definition) is 4. The van der Waals surface area contributed by atoms with Crippen LogP contribution in [0.3, 0.4) is 0 Å². The van der Waals surface area contributed by atoms with Crippen LogP contribution in [0.4, 0.5) is 0 Å². The lowest BCUT2D eigenvalue weighted by Crippen LogP contribution is -2.03. The summed E-state index contributed by atoms with van der Waals surface area (Å²) in [7, 11) is 0. The summed E-state index contributed by atoms with van der Waals surface area (Å²) in [5.74, 6) is 1.95. The first-order valence-corrected chi connectivity index (χ1v) is 20.0. The van der Waals surface area contributed by atoms with E-state index in [0.717, 1.165) is 94.0 Å². The minimum atomic E-state index is 0.649. The second-order valence-electron chi connectivity index (χ2n) is 15.3. The molecule has 6 nitrogen and oxygen atoms in total. The Bertz CT molecular complexity index is 3560. The van der Waals surface area contributed by atoms with Crippen LogP contribution in [-0.2, 0) is 0 Å². The third-order valence-corrected chi connectivity index (χ3v) is 11.8. The van der Waals surface area contributed by atoms with Crippen LogP contribution in [-0.4, -0.2) is 24.1 Å².